The number of aromatic nitrogens is 2. The van der Waals surface area contributed by atoms with E-state index in [4.69, 9.17) is 20.6 Å². The Bertz CT molecular complexity index is 1080. The van der Waals surface area contributed by atoms with Crippen molar-refractivity contribution in [3.63, 3.8) is 0 Å². The Morgan fingerprint density at radius 3 is 2.54 bits per heavy atom. The van der Waals surface area contributed by atoms with Crippen molar-refractivity contribution in [2.24, 2.45) is 11.7 Å². The number of carbonyl (C=O) groups is 2. The zero-order valence-electron chi connectivity index (χ0n) is 19.4. The van der Waals surface area contributed by atoms with Crippen LogP contribution in [0.25, 0.3) is 11.1 Å². The molecular formula is C23H28FN7O4. The van der Waals surface area contributed by atoms with Gasteiger partial charge in [0.15, 0.2) is 5.96 Å². The highest BCUT2D eigenvalue weighted by Gasteiger charge is 2.36. The van der Waals surface area contributed by atoms with Crippen molar-refractivity contribution in [2.45, 2.75) is 25.6 Å². The van der Waals surface area contributed by atoms with Gasteiger partial charge in [-0.25, -0.2) is 19.2 Å². The molecule has 0 bridgehead atoms. The Hall–Kier alpha value is -3.80. The molecule has 2 saturated heterocycles. The molecule has 0 unspecified atom stereocenters. The number of benzene rings is 1. The fraction of sp³-hybridized carbons (Fsp3) is 0.435. The van der Waals surface area contributed by atoms with Gasteiger partial charge in [0.25, 0.3) is 0 Å². The van der Waals surface area contributed by atoms with Crippen LogP contribution in [0.3, 0.4) is 0 Å². The number of likely N-dealkylation sites (tertiary alicyclic amines) is 1. The molecule has 35 heavy (non-hydrogen) atoms. The first-order chi connectivity index (χ1) is 16.9. The van der Waals surface area contributed by atoms with Crippen LogP contribution >= 0.6 is 0 Å². The molecule has 4 rings (SSSR count). The van der Waals surface area contributed by atoms with Crippen LogP contribution in [0.5, 0.6) is 0 Å². The number of hydrogen-bond donors (Lipinski definition) is 3. The SMILES string of the molecule is COC1CN(C(=O)C2CCN(c3ncc(-c4cccc(COC(=O)NC(=N)N)c4F)cn3)CC2)C1. The normalized spacial score (nSPS) is 16.5. The molecule has 186 valence electrons. The molecule has 3 heterocycles. The number of guanidine groups is 1. The second-order valence-corrected chi connectivity index (χ2v) is 8.53. The van der Waals surface area contributed by atoms with E-state index in [0.29, 0.717) is 37.7 Å². The van der Waals surface area contributed by atoms with Gasteiger partial charge in [0.05, 0.1) is 6.10 Å². The topological polar surface area (TPSA) is 147 Å². The Morgan fingerprint density at radius 2 is 1.91 bits per heavy atom. The number of ether oxygens (including phenoxy) is 2. The monoisotopic (exact) mass is 485 g/mol. The molecule has 1 aromatic carbocycles. The number of methoxy groups -OCH3 is 1. The van der Waals surface area contributed by atoms with Crippen LogP contribution in [0, 0.1) is 17.1 Å². The molecule has 11 nitrogen and oxygen atoms in total. The second kappa shape index (κ2) is 10.6. The standard InChI is InChI=1S/C23H28FN7O4/c1-34-17-11-31(12-17)20(32)14-5-7-30(8-6-14)22-27-9-16(10-28-22)18-4-2-3-15(19(18)24)13-35-23(33)29-21(25)26/h2-4,9-10,14,17H,5-8,11-13H2,1H3,(H4,25,26,29,33). The fourth-order valence-corrected chi connectivity index (χ4v) is 4.18. The highest BCUT2D eigenvalue weighted by atomic mass is 19.1. The van der Waals surface area contributed by atoms with E-state index in [-0.39, 0.29) is 35.7 Å². The van der Waals surface area contributed by atoms with Crippen LogP contribution in [0.15, 0.2) is 30.6 Å². The van der Waals surface area contributed by atoms with Crippen molar-refractivity contribution in [3.05, 3.63) is 42.0 Å². The van der Waals surface area contributed by atoms with Gasteiger partial charge in [-0.15, -0.1) is 0 Å². The van der Waals surface area contributed by atoms with Crippen molar-refractivity contribution in [3.8, 4) is 11.1 Å². The second-order valence-electron chi connectivity index (χ2n) is 8.53. The first-order valence-electron chi connectivity index (χ1n) is 11.3. The van der Waals surface area contributed by atoms with E-state index < -0.39 is 17.9 Å². The van der Waals surface area contributed by atoms with E-state index in [1.165, 1.54) is 6.07 Å². The molecule has 0 aliphatic carbocycles. The molecule has 0 radical (unpaired) electrons. The summed E-state index contributed by atoms with van der Waals surface area (Å²) in [5.41, 5.74) is 5.99. The van der Waals surface area contributed by atoms with Gasteiger partial charge in [0.2, 0.25) is 11.9 Å². The number of carbonyl (C=O) groups excluding carboxylic acids is 2. The molecule has 2 aromatic rings. The summed E-state index contributed by atoms with van der Waals surface area (Å²) in [6.07, 6.45) is 3.77. The lowest BCUT2D eigenvalue weighted by atomic mass is 9.94. The lowest BCUT2D eigenvalue weighted by molar-refractivity contribution is -0.148. The molecule has 0 saturated carbocycles. The average Bonchev–Trinajstić information content (AvgIpc) is 2.82. The van der Waals surface area contributed by atoms with Gasteiger partial charge in [0.1, 0.15) is 12.4 Å². The smallest absolute Gasteiger partial charge is 0.414 e. The van der Waals surface area contributed by atoms with Crippen LogP contribution in [-0.4, -0.2) is 72.2 Å². The van der Waals surface area contributed by atoms with Gasteiger partial charge in [-0.05, 0) is 12.8 Å². The molecule has 2 aliphatic rings. The van der Waals surface area contributed by atoms with Crippen LogP contribution in [-0.2, 0) is 20.9 Å². The van der Waals surface area contributed by atoms with Crippen LogP contribution < -0.4 is 16.0 Å². The minimum absolute atomic E-state index is 0.0000813. The first kappa shape index (κ1) is 24.3. The highest BCUT2D eigenvalue weighted by Crippen LogP contribution is 2.27. The predicted molar refractivity (Wildman–Crippen MR) is 125 cm³/mol. The summed E-state index contributed by atoms with van der Waals surface area (Å²) in [7, 11) is 1.66. The van der Waals surface area contributed by atoms with Crippen molar-refractivity contribution in [2.75, 3.05) is 38.2 Å². The zero-order valence-corrected chi connectivity index (χ0v) is 19.4. The molecule has 2 amide bonds. The molecule has 2 fully saturated rings. The number of amides is 2. The van der Waals surface area contributed by atoms with Gasteiger partial charge in [0, 0.05) is 68.3 Å². The van der Waals surface area contributed by atoms with Crippen LogP contribution in [0.1, 0.15) is 18.4 Å². The van der Waals surface area contributed by atoms with Crippen molar-refractivity contribution in [1.29, 1.82) is 5.41 Å². The maximum Gasteiger partial charge on any atom is 0.414 e. The summed E-state index contributed by atoms with van der Waals surface area (Å²) in [5, 5.41) is 8.98. The Kier molecular flexibility index (Phi) is 7.39. The molecule has 2 aliphatic heterocycles. The number of alkyl carbamates (subject to hydrolysis) is 1. The Balaban J connectivity index is 1.34. The van der Waals surface area contributed by atoms with Crippen LogP contribution in [0.4, 0.5) is 15.1 Å². The largest absolute Gasteiger partial charge is 0.444 e. The Labute approximate surface area is 201 Å². The summed E-state index contributed by atoms with van der Waals surface area (Å²) in [6, 6.07) is 4.73. The third-order valence-electron chi connectivity index (χ3n) is 6.24. The summed E-state index contributed by atoms with van der Waals surface area (Å²) in [6.45, 7) is 2.34. The fourth-order valence-electron chi connectivity index (χ4n) is 4.18. The average molecular weight is 486 g/mol. The molecule has 12 heteroatoms. The maximum absolute atomic E-state index is 15.0. The maximum atomic E-state index is 15.0. The number of hydrogen-bond acceptors (Lipinski definition) is 8. The lowest BCUT2D eigenvalue weighted by Crippen LogP contribution is -2.57. The number of halogens is 1. The molecule has 1 aromatic heterocycles. The predicted octanol–water partition coefficient (Wildman–Crippen LogP) is 1.48. The van der Waals surface area contributed by atoms with E-state index in [1.807, 2.05) is 15.1 Å². The van der Waals surface area contributed by atoms with Crippen LogP contribution in [0.2, 0.25) is 0 Å². The first-order valence-corrected chi connectivity index (χ1v) is 11.3. The summed E-state index contributed by atoms with van der Waals surface area (Å²) < 4.78 is 25.1. The third kappa shape index (κ3) is 5.65. The molecule has 0 spiro atoms. The number of anilines is 1. The van der Waals surface area contributed by atoms with E-state index >= 15 is 4.39 Å². The number of nitrogens with two attached hydrogens (primary N) is 1. The molecule has 0 atom stereocenters. The lowest BCUT2D eigenvalue weighted by Gasteiger charge is -2.41. The van der Waals surface area contributed by atoms with Gasteiger partial charge in [-0.2, -0.15) is 0 Å². The van der Waals surface area contributed by atoms with Gasteiger partial charge in [-0.3, -0.25) is 15.5 Å². The number of nitrogens with one attached hydrogen (secondary N) is 2. The zero-order chi connectivity index (χ0) is 24.9. The summed E-state index contributed by atoms with van der Waals surface area (Å²) in [4.78, 5) is 36.8. The summed E-state index contributed by atoms with van der Waals surface area (Å²) in [5.74, 6) is -0.398. The van der Waals surface area contributed by atoms with E-state index in [1.54, 1.807) is 31.6 Å². The quantitative estimate of drug-likeness (QED) is 0.412. The van der Waals surface area contributed by atoms with Crippen molar-refractivity contribution >= 4 is 23.9 Å². The van der Waals surface area contributed by atoms with Crippen molar-refractivity contribution < 1.29 is 23.5 Å². The Morgan fingerprint density at radius 1 is 1.23 bits per heavy atom. The van der Waals surface area contributed by atoms with E-state index in [2.05, 4.69) is 9.97 Å². The molecule has 4 N–H and O–H groups in total. The minimum atomic E-state index is -0.940. The summed E-state index contributed by atoms with van der Waals surface area (Å²) >= 11 is 0. The highest BCUT2D eigenvalue weighted by molar-refractivity contribution is 5.90. The number of rotatable bonds is 6. The molecular weight excluding hydrogens is 457 g/mol. The van der Waals surface area contributed by atoms with Gasteiger partial charge >= 0.3 is 6.09 Å². The number of nitrogens with zero attached hydrogens (tertiary/aromatic N) is 4. The van der Waals surface area contributed by atoms with Gasteiger partial charge in [-0.1, -0.05) is 18.2 Å². The van der Waals surface area contributed by atoms with E-state index in [0.717, 1.165) is 12.8 Å². The van der Waals surface area contributed by atoms with Crippen molar-refractivity contribution in [1.82, 2.24) is 20.2 Å². The third-order valence-corrected chi connectivity index (χ3v) is 6.24. The minimum Gasteiger partial charge on any atom is -0.444 e. The van der Waals surface area contributed by atoms with Gasteiger partial charge < -0.3 is 25.0 Å². The van der Waals surface area contributed by atoms with E-state index in [9.17, 15) is 9.59 Å². The number of piperidine rings is 1.